The Hall–Kier alpha value is -1.77. The van der Waals surface area contributed by atoms with Crippen molar-refractivity contribution in [1.82, 2.24) is 4.72 Å². The van der Waals surface area contributed by atoms with Crippen LogP contribution in [-0.4, -0.2) is 14.8 Å². The van der Waals surface area contributed by atoms with E-state index in [-0.39, 0.29) is 4.90 Å². The van der Waals surface area contributed by atoms with Gasteiger partial charge < -0.3 is 4.74 Å². The van der Waals surface area contributed by atoms with Gasteiger partial charge in [-0.25, -0.2) is 13.1 Å². The highest BCUT2D eigenvalue weighted by molar-refractivity contribution is 7.89. The molecule has 1 aliphatic carbocycles. The topological polar surface area (TPSA) is 55.4 Å². The minimum atomic E-state index is -4.83. The van der Waals surface area contributed by atoms with Gasteiger partial charge in [0, 0.05) is 11.1 Å². The van der Waals surface area contributed by atoms with E-state index in [4.69, 9.17) is 11.6 Å². The highest BCUT2D eigenvalue weighted by atomic mass is 35.5. The Bertz CT molecular complexity index is 898. The molecule has 3 rings (SSSR count). The smallest absolute Gasteiger partial charge is 0.406 e. The number of hydrogen-bond acceptors (Lipinski definition) is 3. The number of benzene rings is 2. The number of halogens is 4. The molecular formula is C17H15ClF3NO3S. The van der Waals surface area contributed by atoms with Gasteiger partial charge in [-0.3, -0.25) is 0 Å². The van der Waals surface area contributed by atoms with Crippen LogP contribution in [-0.2, 0) is 16.4 Å². The lowest BCUT2D eigenvalue weighted by Gasteiger charge is -2.26. The molecule has 140 valence electrons. The minimum Gasteiger partial charge on any atom is -0.406 e. The molecule has 1 atom stereocenters. The molecule has 4 nitrogen and oxygen atoms in total. The summed E-state index contributed by atoms with van der Waals surface area (Å²) >= 11 is 5.98. The van der Waals surface area contributed by atoms with Gasteiger partial charge in [-0.1, -0.05) is 17.7 Å². The molecule has 0 aromatic heterocycles. The van der Waals surface area contributed by atoms with Gasteiger partial charge in [0.05, 0.1) is 4.90 Å². The molecule has 0 saturated carbocycles. The van der Waals surface area contributed by atoms with Crippen LogP contribution in [0.3, 0.4) is 0 Å². The van der Waals surface area contributed by atoms with Gasteiger partial charge >= 0.3 is 6.36 Å². The molecule has 9 heteroatoms. The Kier molecular flexibility index (Phi) is 5.18. The fourth-order valence-electron chi connectivity index (χ4n) is 2.98. The molecule has 1 aliphatic rings. The summed E-state index contributed by atoms with van der Waals surface area (Å²) < 4.78 is 68.1. The molecule has 0 unspecified atom stereocenters. The monoisotopic (exact) mass is 405 g/mol. The van der Waals surface area contributed by atoms with E-state index < -0.39 is 28.2 Å². The van der Waals surface area contributed by atoms with Crippen molar-refractivity contribution in [2.45, 2.75) is 36.6 Å². The molecule has 2 aromatic rings. The predicted molar refractivity (Wildman–Crippen MR) is 90.6 cm³/mol. The number of sulfonamides is 1. The summed E-state index contributed by atoms with van der Waals surface area (Å²) in [5, 5.41) is 0.590. The van der Waals surface area contributed by atoms with Crippen LogP contribution in [0.1, 0.15) is 30.0 Å². The van der Waals surface area contributed by atoms with Crippen LogP contribution >= 0.6 is 11.6 Å². The second-order valence-electron chi connectivity index (χ2n) is 5.93. The van der Waals surface area contributed by atoms with Crippen molar-refractivity contribution in [2.75, 3.05) is 0 Å². The number of fused-ring (bicyclic) bond motifs is 1. The average molecular weight is 406 g/mol. The highest BCUT2D eigenvalue weighted by Crippen LogP contribution is 2.33. The van der Waals surface area contributed by atoms with Gasteiger partial charge in [0.25, 0.3) is 0 Å². The fraction of sp³-hybridized carbons (Fsp3) is 0.294. The van der Waals surface area contributed by atoms with Crippen LogP contribution in [0.4, 0.5) is 13.2 Å². The van der Waals surface area contributed by atoms with Crippen molar-refractivity contribution in [3.63, 3.8) is 0 Å². The van der Waals surface area contributed by atoms with Crippen molar-refractivity contribution < 1.29 is 26.3 Å². The molecule has 2 aromatic carbocycles. The third kappa shape index (κ3) is 4.49. The minimum absolute atomic E-state index is 0.131. The number of rotatable bonds is 4. The first-order valence-corrected chi connectivity index (χ1v) is 9.67. The van der Waals surface area contributed by atoms with Gasteiger partial charge in [-0.05, 0) is 66.8 Å². The molecule has 0 heterocycles. The average Bonchev–Trinajstić information content (AvgIpc) is 2.53. The maximum absolute atomic E-state index is 12.6. The summed E-state index contributed by atoms with van der Waals surface area (Å²) in [6, 6.07) is 9.01. The summed E-state index contributed by atoms with van der Waals surface area (Å²) in [5.41, 5.74) is 1.85. The van der Waals surface area contributed by atoms with E-state index in [2.05, 4.69) is 9.46 Å². The van der Waals surface area contributed by atoms with Crippen molar-refractivity contribution in [1.29, 1.82) is 0 Å². The first kappa shape index (κ1) is 19.0. The zero-order valence-electron chi connectivity index (χ0n) is 13.4. The predicted octanol–water partition coefficient (Wildman–Crippen LogP) is 4.59. The van der Waals surface area contributed by atoms with Crippen LogP contribution in [0.5, 0.6) is 5.75 Å². The second-order valence-corrected chi connectivity index (χ2v) is 8.08. The molecule has 0 amide bonds. The normalized spacial score (nSPS) is 17.6. The van der Waals surface area contributed by atoms with Crippen molar-refractivity contribution in [3.05, 3.63) is 58.6 Å². The van der Waals surface area contributed by atoms with Crippen LogP contribution in [0, 0.1) is 0 Å². The summed E-state index contributed by atoms with van der Waals surface area (Å²) in [6.07, 6.45) is -2.58. The third-order valence-electron chi connectivity index (χ3n) is 4.08. The molecule has 0 aliphatic heterocycles. The van der Waals surface area contributed by atoms with E-state index in [9.17, 15) is 21.6 Å². The summed E-state index contributed by atoms with van der Waals surface area (Å²) in [7, 11) is -3.89. The number of hydrogen-bond donors (Lipinski definition) is 1. The second kappa shape index (κ2) is 7.09. The molecule has 26 heavy (non-hydrogen) atoms. The summed E-state index contributed by atoms with van der Waals surface area (Å²) in [4.78, 5) is -0.131. The zero-order valence-corrected chi connectivity index (χ0v) is 15.0. The van der Waals surface area contributed by atoms with E-state index in [1.54, 1.807) is 12.1 Å². The SMILES string of the molecule is O=S(=O)(N[C@@H]1CCCc2cc(Cl)ccc21)c1ccc(OC(F)(F)F)cc1. The number of aryl methyl sites for hydroxylation is 1. The van der Waals surface area contributed by atoms with E-state index in [0.717, 1.165) is 48.2 Å². The summed E-state index contributed by atoms with van der Waals surface area (Å²) in [5.74, 6) is -0.478. The van der Waals surface area contributed by atoms with E-state index in [1.807, 2.05) is 6.07 Å². The van der Waals surface area contributed by atoms with E-state index in [0.29, 0.717) is 11.4 Å². The molecule has 1 N–H and O–H groups in total. The van der Waals surface area contributed by atoms with Crippen LogP contribution in [0.15, 0.2) is 47.4 Å². The first-order valence-electron chi connectivity index (χ1n) is 7.80. The fourth-order valence-corrected chi connectivity index (χ4v) is 4.43. The van der Waals surface area contributed by atoms with E-state index in [1.165, 1.54) is 0 Å². The van der Waals surface area contributed by atoms with Gasteiger partial charge in [-0.15, -0.1) is 13.2 Å². The molecule has 0 bridgehead atoms. The molecule has 0 spiro atoms. The Labute approximate surface area is 154 Å². The van der Waals surface area contributed by atoms with Crippen molar-refractivity contribution in [2.24, 2.45) is 0 Å². The third-order valence-corrected chi connectivity index (χ3v) is 5.81. The lowest BCUT2D eigenvalue weighted by molar-refractivity contribution is -0.274. The molecule has 0 saturated heterocycles. The lowest BCUT2D eigenvalue weighted by Crippen LogP contribution is -2.31. The maximum atomic E-state index is 12.6. The molecule has 0 radical (unpaired) electrons. The van der Waals surface area contributed by atoms with Gasteiger partial charge in [0.15, 0.2) is 0 Å². The highest BCUT2D eigenvalue weighted by Gasteiger charge is 2.31. The lowest BCUT2D eigenvalue weighted by atomic mass is 9.88. The maximum Gasteiger partial charge on any atom is 0.573 e. The number of nitrogens with one attached hydrogen (secondary N) is 1. The Morgan fingerprint density at radius 2 is 1.81 bits per heavy atom. The Morgan fingerprint density at radius 1 is 1.12 bits per heavy atom. The largest absolute Gasteiger partial charge is 0.573 e. The number of alkyl halides is 3. The number of ether oxygens (including phenoxy) is 1. The van der Waals surface area contributed by atoms with Crippen LogP contribution in [0.25, 0.3) is 0 Å². The van der Waals surface area contributed by atoms with Gasteiger partial charge in [0.2, 0.25) is 10.0 Å². The first-order chi connectivity index (χ1) is 12.1. The van der Waals surface area contributed by atoms with Gasteiger partial charge in [-0.2, -0.15) is 0 Å². The Balaban J connectivity index is 1.80. The molecule has 0 fully saturated rings. The van der Waals surface area contributed by atoms with E-state index >= 15 is 0 Å². The quantitative estimate of drug-likeness (QED) is 0.809. The van der Waals surface area contributed by atoms with Crippen LogP contribution in [0.2, 0.25) is 5.02 Å². The summed E-state index contributed by atoms with van der Waals surface area (Å²) in [6.45, 7) is 0. The standard InChI is InChI=1S/C17H15ClF3NO3S/c18-12-4-9-15-11(10-12)2-1-3-16(15)22-26(23,24)14-7-5-13(6-8-14)25-17(19,20)21/h4-10,16,22H,1-3H2/t16-/m1/s1. The van der Waals surface area contributed by atoms with Crippen LogP contribution < -0.4 is 9.46 Å². The van der Waals surface area contributed by atoms with Crippen molar-refractivity contribution in [3.8, 4) is 5.75 Å². The van der Waals surface area contributed by atoms with Gasteiger partial charge in [0.1, 0.15) is 5.75 Å². The Morgan fingerprint density at radius 3 is 2.46 bits per heavy atom. The van der Waals surface area contributed by atoms with Crippen molar-refractivity contribution >= 4 is 21.6 Å². The molecular weight excluding hydrogens is 391 g/mol. The zero-order chi connectivity index (χ0) is 18.9.